The predicted octanol–water partition coefficient (Wildman–Crippen LogP) is 3.14. The number of nitrogens with one attached hydrogen (secondary N) is 1. The molecule has 2 aromatic rings. The van der Waals surface area contributed by atoms with Gasteiger partial charge in [-0.15, -0.1) is 0 Å². The molecule has 1 saturated heterocycles. The molecule has 2 unspecified atom stereocenters. The second-order valence-corrected chi connectivity index (χ2v) is 7.96. The summed E-state index contributed by atoms with van der Waals surface area (Å²) in [5.74, 6) is -0.217. The average molecular weight is 435 g/mol. The quantitative estimate of drug-likeness (QED) is 0.673. The molecule has 3 amide bonds. The zero-order chi connectivity index (χ0) is 22.8. The number of hydrogen-bond donors (Lipinski definition) is 1. The Labute approximate surface area is 186 Å². The number of carbonyl (C=O) groups excluding carboxylic acids is 3. The molecule has 2 atom stereocenters. The summed E-state index contributed by atoms with van der Waals surface area (Å²) in [6, 6.07) is 12.4. The van der Waals surface area contributed by atoms with Crippen molar-refractivity contribution in [2.45, 2.75) is 38.8 Å². The standard InChI is InChI=1S/C23H25N5O4/c1-4-32-18-11-9-17(10-12-18)28-22(30)20-21(23(28)31)27(26-25-20)13-19(29)24-16-7-5-15(6-8-16)14(2)3/h5-12,14,20-21H,4,13H2,1-3H3,(H,24,29). The molecule has 4 rings (SSSR count). The molecule has 0 spiro atoms. The van der Waals surface area contributed by atoms with E-state index < -0.39 is 23.9 Å². The number of hydrogen-bond acceptors (Lipinski definition) is 7. The van der Waals surface area contributed by atoms with Crippen LogP contribution in [-0.4, -0.2) is 48.0 Å². The minimum Gasteiger partial charge on any atom is -0.494 e. The highest BCUT2D eigenvalue weighted by Gasteiger charge is 2.55. The molecular weight excluding hydrogens is 410 g/mol. The van der Waals surface area contributed by atoms with Crippen LogP contribution in [0.2, 0.25) is 0 Å². The first-order valence-corrected chi connectivity index (χ1v) is 10.6. The molecule has 1 fully saturated rings. The molecular formula is C23H25N5O4. The summed E-state index contributed by atoms with van der Waals surface area (Å²) in [6.45, 7) is 6.40. The van der Waals surface area contributed by atoms with Crippen molar-refractivity contribution in [1.29, 1.82) is 0 Å². The van der Waals surface area contributed by atoms with Crippen LogP contribution >= 0.6 is 0 Å². The Morgan fingerprint density at radius 2 is 1.75 bits per heavy atom. The molecule has 0 bridgehead atoms. The minimum absolute atomic E-state index is 0.188. The summed E-state index contributed by atoms with van der Waals surface area (Å²) >= 11 is 0. The Balaban J connectivity index is 1.43. The SMILES string of the molecule is CCOc1ccc(N2C(=O)C3N=NN(CC(=O)Nc4ccc(C(C)C)cc4)C3C2=O)cc1. The van der Waals surface area contributed by atoms with E-state index in [9.17, 15) is 14.4 Å². The first kappa shape index (κ1) is 21.5. The number of benzene rings is 2. The lowest BCUT2D eigenvalue weighted by atomic mass is 10.0. The highest BCUT2D eigenvalue weighted by atomic mass is 16.5. The molecule has 32 heavy (non-hydrogen) atoms. The molecule has 2 aliphatic rings. The number of nitrogens with zero attached hydrogens (tertiary/aromatic N) is 4. The Kier molecular flexibility index (Phi) is 5.89. The van der Waals surface area contributed by atoms with Crippen molar-refractivity contribution < 1.29 is 19.1 Å². The average Bonchev–Trinajstić information content (AvgIpc) is 3.29. The molecule has 9 heteroatoms. The van der Waals surface area contributed by atoms with Crippen LogP contribution in [0.5, 0.6) is 5.75 Å². The lowest BCUT2D eigenvalue weighted by Crippen LogP contribution is -2.43. The third-order valence-electron chi connectivity index (χ3n) is 5.43. The van der Waals surface area contributed by atoms with Gasteiger partial charge in [-0.1, -0.05) is 31.2 Å². The van der Waals surface area contributed by atoms with Crippen LogP contribution in [0.15, 0.2) is 58.9 Å². The number of amides is 3. The van der Waals surface area contributed by atoms with Crippen molar-refractivity contribution in [3.05, 3.63) is 54.1 Å². The van der Waals surface area contributed by atoms with E-state index in [1.54, 1.807) is 24.3 Å². The molecule has 2 aliphatic heterocycles. The van der Waals surface area contributed by atoms with Gasteiger partial charge in [0.25, 0.3) is 11.8 Å². The van der Waals surface area contributed by atoms with Crippen molar-refractivity contribution in [3.8, 4) is 5.75 Å². The molecule has 166 valence electrons. The molecule has 0 aromatic heterocycles. The first-order valence-electron chi connectivity index (χ1n) is 10.6. The van der Waals surface area contributed by atoms with Crippen LogP contribution in [0, 0.1) is 0 Å². The van der Waals surface area contributed by atoms with Crippen molar-refractivity contribution >= 4 is 29.1 Å². The van der Waals surface area contributed by atoms with E-state index in [1.165, 1.54) is 10.6 Å². The van der Waals surface area contributed by atoms with Gasteiger partial charge < -0.3 is 10.1 Å². The summed E-state index contributed by atoms with van der Waals surface area (Å²) in [4.78, 5) is 39.5. The lowest BCUT2D eigenvalue weighted by molar-refractivity contribution is -0.123. The fraction of sp³-hybridized carbons (Fsp3) is 0.348. The molecule has 0 radical (unpaired) electrons. The summed E-state index contributed by atoms with van der Waals surface area (Å²) < 4.78 is 5.40. The summed E-state index contributed by atoms with van der Waals surface area (Å²) in [7, 11) is 0. The monoisotopic (exact) mass is 435 g/mol. The van der Waals surface area contributed by atoms with E-state index in [1.807, 2.05) is 31.2 Å². The van der Waals surface area contributed by atoms with E-state index in [0.29, 0.717) is 29.6 Å². The van der Waals surface area contributed by atoms with Gasteiger partial charge in [0, 0.05) is 5.69 Å². The van der Waals surface area contributed by atoms with Crippen molar-refractivity contribution in [3.63, 3.8) is 0 Å². The van der Waals surface area contributed by atoms with Crippen LogP contribution in [0.3, 0.4) is 0 Å². The third-order valence-corrected chi connectivity index (χ3v) is 5.43. The summed E-state index contributed by atoms with van der Waals surface area (Å²) in [6.07, 6.45) is 0. The van der Waals surface area contributed by atoms with Crippen LogP contribution in [-0.2, 0) is 14.4 Å². The number of fused-ring (bicyclic) bond motifs is 1. The van der Waals surface area contributed by atoms with Gasteiger partial charge in [0.2, 0.25) is 5.91 Å². The molecule has 0 aliphatic carbocycles. The zero-order valence-corrected chi connectivity index (χ0v) is 18.2. The van der Waals surface area contributed by atoms with Crippen LogP contribution in [0.4, 0.5) is 11.4 Å². The van der Waals surface area contributed by atoms with Crippen LogP contribution in [0.1, 0.15) is 32.3 Å². The number of rotatable bonds is 7. The second kappa shape index (κ2) is 8.78. The zero-order valence-electron chi connectivity index (χ0n) is 18.2. The number of carbonyl (C=O) groups is 3. The number of imide groups is 1. The van der Waals surface area contributed by atoms with Gasteiger partial charge in [-0.05, 0) is 54.8 Å². The summed E-state index contributed by atoms with van der Waals surface area (Å²) in [5.41, 5.74) is 2.25. The maximum Gasteiger partial charge on any atom is 0.263 e. The van der Waals surface area contributed by atoms with Crippen molar-refractivity contribution in [2.24, 2.45) is 10.3 Å². The van der Waals surface area contributed by atoms with Gasteiger partial charge in [-0.2, -0.15) is 5.11 Å². The Hall–Kier alpha value is -3.75. The number of anilines is 2. The van der Waals surface area contributed by atoms with E-state index >= 15 is 0 Å². The van der Waals surface area contributed by atoms with Crippen molar-refractivity contribution in [1.82, 2.24) is 5.01 Å². The first-order chi connectivity index (χ1) is 15.4. The predicted molar refractivity (Wildman–Crippen MR) is 118 cm³/mol. The molecule has 0 saturated carbocycles. The fourth-order valence-corrected chi connectivity index (χ4v) is 3.77. The van der Waals surface area contributed by atoms with Crippen molar-refractivity contribution in [2.75, 3.05) is 23.4 Å². The number of ether oxygens (including phenoxy) is 1. The molecule has 9 nitrogen and oxygen atoms in total. The molecule has 2 heterocycles. The van der Waals surface area contributed by atoms with Gasteiger partial charge in [0.1, 0.15) is 12.3 Å². The van der Waals surface area contributed by atoms with Crippen LogP contribution in [0.25, 0.3) is 0 Å². The van der Waals surface area contributed by atoms with Crippen LogP contribution < -0.4 is 15.0 Å². The largest absolute Gasteiger partial charge is 0.494 e. The van der Waals surface area contributed by atoms with E-state index in [2.05, 4.69) is 29.5 Å². The lowest BCUT2D eigenvalue weighted by Gasteiger charge is -2.20. The van der Waals surface area contributed by atoms with E-state index in [4.69, 9.17) is 4.74 Å². The van der Waals surface area contributed by atoms with Gasteiger partial charge in [0.05, 0.1) is 12.3 Å². The Bertz CT molecular complexity index is 1050. The smallest absolute Gasteiger partial charge is 0.263 e. The minimum atomic E-state index is -0.952. The van der Waals surface area contributed by atoms with E-state index in [-0.39, 0.29) is 12.5 Å². The molecule has 2 aromatic carbocycles. The van der Waals surface area contributed by atoms with Gasteiger partial charge in [0.15, 0.2) is 12.1 Å². The normalized spacial score (nSPS) is 19.6. The summed E-state index contributed by atoms with van der Waals surface area (Å²) in [5, 5.41) is 11.9. The van der Waals surface area contributed by atoms with Gasteiger partial charge in [-0.25, -0.2) is 4.90 Å². The maximum atomic E-state index is 13.0. The third kappa shape index (κ3) is 4.05. The second-order valence-electron chi connectivity index (χ2n) is 7.96. The maximum absolute atomic E-state index is 13.0. The van der Waals surface area contributed by atoms with Gasteiger partial charge >= 0.3 is 0 Å². The highest BCUT2D eigenvalue weighted by Crippen LogP contribution is 2.32. The molecule has 1 N–H and O–H groups in total. The Morgan fingerprint density at radius 3 is 2.38 bits per heavy atom. The topological polar surface area (TPSA) is 104 Å². The van der Waals surface area contributed by atoms with E-state index in [0.717, 1.165) is 4.90 Å². The fourth-order valence-electron chi connectivity index (χ4n) is 3.77. The Morgan fingerprint density at radius 1 is 1.06 bits per heavy atom. The highest BCUT2D eigenvalue weighted by molar-refractivity contribution is 6.25. The van der Waals surface area contributed by atoms with Gasteiger partial charge in [-0.3, -0.25) is 19.4 Å².